The van der Waals surface area contributed by atoms with Crippen molar-refractivity contribution in [2.45, 2.75) is 25.5 Å². The van der Waals surface area contributed by atoms with Gasteiger partial charge in [0.2, 0.25) is 0 Å². The first-order valence-corrected chi connectivity index (χ1v) is 7.19. The molecule has 0 amide bonds. The molecule has 2 unspecified atom stereocenters. The molecule has 0 saturated heterocycles. The number of nitrogens with zero attached hydrogens (tertiary/aromatic N) is 1. The van der Waals surface area contributed by atoms with Crippen molar-refractivity contribution in [2.75, 3.05) is 6.54 Å². The Kier molecular flexibility index (Phi) is 3.90. The third-order valence-electron chi connectivity index (χ3n) is 3.55. The van der Waals surface area contributed by atoms with E-state index in [2.05, 4.69) is 17.2 Å². The van der Waals surface area contributed by atoms with Crippen molar-refractivity contribution in [1.82, 2.24) is 10.3 Å². The van der Waals surface area contributed by atoms with Crippen molar-refractivity contribution in [1.29, 1.82) is 0 Å². The second kappa shape index (κ2) is 5.81. The summed E-state index contributed by atoms with van der Waals surface area (Å²) in [5.74, 6) is 0.951. The van der Waals surface area contributed by atoms with E-state index in [0.717, 1.165) is 29.4 Å². The molecule has 0 fully saturated rings. The largest absolute Gasteiger partial charge is 0.488 e. The summed E-state index contributed by atoms with van der Waals surface area (Å²) in [5, 5.41) is 4.24. The summed E-state index contributed by atoms with van der Waals surface area (Å²) in [5.41, 5.74) is 2.24. The van der Waals surface area contributed by atoms with Crippen LogP contribution in [-0.2, 0) is 6.42 Å². The lowest BCUT2D eigenvalue weighted by Gasteiger charge is -2.16. The molecule has 1 aromatic heterocycles. The number of nitrogens with one attached hydrogen (secondary N) is 1. The van der Waals surface area contributed by atoms with Crippen molar-refractivity contribution in [2.24, 2.45) is 0 Å². The summed E-state index contributed by atoms with van der Waals surface area (Å²) in [6.07, 6.45) is 2.88. The molecular weight excluding hydrogens is 272 g/mol. The number of rotatable bonds is 4. The van der Waals surface area contributed by atoms with Gasteiger partial charge in [-0.05, 0) is 42.8 Å². The number of hydrogen-bond acceptors (Lipinski definition) is 3. The van der Waals surface area contributed by atoms with Gasteiger partial charge in [-0.2, -0.15) is 0 Å². The van der Waals surface area contributed by atoms with Crippen molar-refractivity contribution < 1.29 is 4.74 Å². The highest BCUT2D eigenvalue weighted by molar-refractivity contribution is 6.30. The molecule has 104 valence electrons. The van der Waals surface area contributed by atoms with Gasteiger partial charge in [0, 0.05) is 30.2 Å². The molecule has 0 bridgehead atoms. The van der Waals surface area contributed by atoms with E-state index >= 15 is 0 Å². The Bertz CT molecular complexity index is 588. The van der Waals surface area contributed by atoms with Crippen LogP contribution in [0.3, 0.4) is 0 Å². The van der Waals surface area contributed by atoms with Gasteiger partial charge in [-0.15, -0.1) is 0 Å². The predicted molar refractivity (Wildman–Crippen MR) is 80.2 cm³/mol. The number of halogens is 1. The summed E-state index contributed by atoms with van der Waals surface area (Å²) in [6, 6.07) is 12.0. The first-order valence-electron chi connectivity index (χ1n) is 6.82. The molecule has 0 radical (unpaired) electrons. The maximum Gasteiger partial charge on any atom is 0.123 e. The maximum absolute atomic E-state index is 6.00. The van der Waals surface area contributed by atoms with E-state index in [1.165, 1.54) is 5.56 Å². The van der Waals surface area contributed by atoms with Gasteiger partial charge in [-0.25, -0.2) is 0 Å². The fourth-order valence-corrected chi connectivity index (χ4v) is 2.64. The summed E-state index contributed by atoms with van der Waals surface area (Å²) >= 11 is 6.00. The van der Waals surface area contributed by atoms with Crippen molar-refractivity contribution in [3.63, 3.8) is 0 Å². The van der Waals surface area contributed by atoms with Gasteiger partial charge in [-0.3, -0.25) is 4.98 Å². The summed E-state index contributed by atoms with van der Waals surface area (Å²) in [7, 11) is 0. The van der Waals surface area contributed by atoms with Crippen molar-refractivity contribution >= 4 is 11.6 Å². The zero-order valence-electron chi connectivity index (χ0n) is 11.3. The molecular formula is C16H17ClN2O. The normalized spacial score (nSPS) is 18.4. The second-order valence-corrected chi connectivity index (χ2v) is 5.52. The third-order valence-corrected chi connectivity index (χ3v) is 3.78. The lowest BCUT2D eigenvalue weighted by molar-refractivity contribution is 0.222. The SMILES string of the molecule is CC(NCC1Cc2cc(Cl)ccc2O1)c1ccccn1. The molecule has 2 aromatic rings. The van der Waals surface area contributed by atoms with Crippen LogP contribution in [0.2, 0.25) is 5.02 Å². The predicted octanol–water partition coefficient (Wildman–Crippen LogP) is 3.39. The number of hydrogen-bond donors (Lipinski definition) is 1. The van der Waals surface area contributed by atoms with Gasteiger partial charge in [0.15, 0.2) is 0 Å². The Balaban J connectivity index is 1.56. The maximum atomic E-state index is 6.00. The van der Waals surface area contributed by atoms with E-state index in [4.69, 9.17) is 16.3 Å². The lowest BCUT2D eigenvalue weighted by Crippen LogP contribution is -2.32. The fourth-order valence-electron chi connectivity index (χ4n) is 2.45. The highest BCUT2D eigenvalue weighted by Crippen LogP contribution is 2.30. The van der Waals surface area contributed by atoms with E-state index < -0.39 is 0 Å². The molecule has 2 atom stereocenters. The Hall–Kier alpha value is -1.58. The third kappa shape index (κ3) is 2.94. The fraction of sp³-hybridized carbons (Fsp3) is 0.312. The van der Waals surface area contributed by atoms with E-state index in [0.29, 0.717) is 0 Å². The molecule has 1 aromatic carbocycles. The Morgan fingerprint density at radius 2 is 2.30 bits per heavy atom. The first kappa shape index (κ1) is 13.4. The van der Waals surface area contributed by atoms with Crippen LogP contribution in [-0.4, -0.2) is 17.6 Å². The van der Waals surface area contributed by atoms with Crippen molar-refractivity contribution in [3.8, 4) is 5.75 Å². The van der Waals surface area contributed by atoms with Crippen LogP contribution in [0.5, 0.6) is 5.75 Å². The van der Waals surface area contributed by atoms with E-state index in [1.807, 2.05) is 42.6 Å². The minimum absolute atomic E-state index is 0.162. The molecule has 3 nitrogen and oxygen atoms in total. The van der Waals surface area contributed by atoms with Gasteiger partial charge >= 0.3 is 0 Å². The van der Waals surface area contributed by atoms with Gasteiger partial charge in [-0.1, -0.05) is 17.7 Å². The Labute approximate surface area is 123 Å². The molecule has 0 aliphatic carbocycles. The summed E-state index contributed by atoms with van der Waals surface area (Å²) in [4.78, 5) is 4.35. The first-order chi connectivity index (χ1) is 9.72. The highest BCUT2D eigenvalue weighted by atomic mass is 35.5. The van der Waals surface area contributed by atoms with Crippen LogP contribution in [0.1, 0.15) is 24.2 Å². The zero-order chi connectivity index (χ0) is 13.9. The molecule has 3 rings (SSSR count). The Morgan fingerprint density at radius 3 is 3.10 bits per heavy atom. The zero-order valence-corrected chi connectivity index (χ0v) is 12.1. The van der Waals surface area contributed by atoms with Gasteiger partial charge < -0.3 is 10.1 Å². The quantitative estimate of drug-likeness (QED) is 0.936. The summed E-state index contributed by atoms with van der Waals surface area (Å²) in [6.45, 7) is 2.91. The second-order valence-electron chi connectivity index (χ2n) is 5.08. The number of fused-ring (bicyclic) bond motifs is 1. The van der Waals surface area contributed by atoms with Crippen LogP contribution >= 0.6 is 11.6 Å². The minimum Gasteiger partial charge on any atom is -0.488 e. The molecule has 0 saturated carbocycles. The van der Waals surface area contributed by atoms with Crippen LogP contribution in [0, 0.1) is 0 Å². The highest BCUT2D eigenvalue weighted by Gasteiger charge is 2.23. The van der Waals surface area contributed by atoms with Gasteiger partial charge in [0.05, 0.1) is 5.69 Å². The molecule has 20 heavy (non-hydrogen) atoms. The van der Waals surface area contributed by atoms with E-state index in [9.17, 15) is 0 Å². The molecule has 4 heteroatoms. The average Bonchev–Trinajstić information content (AvgIpc) is 2.87. The van der Waals surface area contributed by atoms with Gasteiger partial charge in [0.25, 0.3) is 0 Å². The number of pyridine rings is 1. The molecule has 0 spiro atoms. The van der Waals surface area contributed by atoms with Crippen molar-refractivity contribution in [3.05, 3.63) is 58.9 Å². The topological polar surface area (TPSA) is 34.1 Å². The number of ether oxygens (including phenoxy) is 1. The molecule has 1 N–H and O–H groups in total. The lowest BCUT2D eigenvalue weighted by atomic mass is 10.1. The molecule has 2 heterocycles. The molecule has 1 aliphatic rings. The van der Waals surface area contributed by atoms with E-state index in [-0.39, 0.29) is 12.1 Å². The van der Waals surface area contributed by atoms with Crippen LogP contribution in [0.4, 0.5) is 0 Å². The Morgan fingerprint density at radius 1 is 1.40 bits per heavy atom. The van der Waals surface area contributed by atoms with Crippen LogP contribution in [0.15, 0.2) is 42.6 Å². The standard InChI is InChI=1S/C16H17ClN2O/c1-11(15-4-2-3-7-18-15)19-10-14-9-12-8-13(17)5-6-16(12)20-14/h2-8,11,14,19H,9-10H2,1H3. The number of benzene rings is 1. The van der Waals surface area contributed by atoms with Gasteiger partial charge in [0.1, 0.15) is 11.9 Å². The van der Waals surface area contributed by atoms with E-state index in [1.54, 1.807) is 0 Å². The average molecular weight is 289 g/mol. The minimum atomic E-state index is 0.162. The number of aromatic nitrogens is 1. The summed E-state index contributed by atoms with van der Waals surface area (Å²) < 4.78 is 5.91. The van der Waals surface area contributed by atoms with Crippen LogP contribution < -0.4 is 10.1 Å². The smallest absolute Gasteiger partial charge is 0.123 e. The monoisotopic (exact) mass is 288 g/mol. The van der Waals surface area contributed by atoms with Crippen LogP contribution in [0.25, 0.3) is 0 Å². The molecule has 1 aliphatic heterocycles.